The zero-order valence-electron chi connectivity index (χ0n) is 17.8. The van der Waals surface area contributed by atoms with Crippen LogP contribution in [0.15, 0.2) is 65.8 Å². The molecule has 0 aliphatic heterocycles. The minimum absolute atomic E-state index is 0.114. The van der Waals surface area contributed by atoms with Gasteiger partial charge in [-0.1, -0.05) is 48.2 Å². The molecule has 4 aromatic rings. The number of amides is 1. The van der Waals surface area contributed by atoms with E-state index in [2.05, 4.69) is 26.9 Å². The van der Waals surface area contributed by atoms with Crippen LogP contribution in [0.3, 0.4) is 0 Å². The number of rotatable bonds is 6. The molecule has 2 heterocycles. The van der Waals surface area contributed by atoms with Gasteiger partial charge in [-0.15, -0.1) is 5.10 Å². The van der Waals surface area contributed by atoms with E-state index in [9.17, 15) is 10.1 Å². The second-order valence-corrected chi connectivity index (χ2v) is 8.63. The number of tetrazole rings is 1. The van der Waals surface area contributed by atoms with Crippen LogP contribution in [0.4, 0.5) is 5.82 Å². The number of aromatic nitrogens is 5. The molecule has 0 atom stereocenters. The maximum atomic E-state index is 13.0. The highest BCUT2D eigenvalue weighted by Gasteiger charge is 2.26. The highest BCUT2D eigenvalue weighted by molar-refractivity contribution is 7.99. The van der Waals surface area contributed by atoms with Gasteiger partial charge in [-0.2, -0.15) is 9.94 Å². The first kappa shape index (κ1) is 21.0. The van der Waals surface area contributed by atoms with Crippen molar-refractivity contribution in [3.05, 3.63) is 77.5 Å². The van der Waals surface area contributed by atoms with Crippen LogP contribution in [0, 0.1) is 11.3 Å². The number of nitriles is 1. The van der Waals surface area contributed by atoms with Crippen LogP contribution in [0.25, 0.3) is 11.4 Å². The summed E-state index contributed by atoms with van der Waals surface area (Å²) in [5.41, 5.74) is 4.47. The topological polar surface area (TPSA) is 101 Å². The van der Waals surface area contributed by atoms with Gasteiger partial charge in [0, 0.05) is 11.4 Å². The van der Waals surface area contributed by atoms with Crippen molar-refractivity contribution in [1.82, 2.24) is 24.8 Å². The Kier molecular flexibility index (Phi) is 5.91. The lowest BCUT2D eigenvalue weighted by Gasteiger charge is -2.17. The minimum atomic E-state index is -0.217. The summed E-state index contributed by atoms with van der Waals surface area (Å²) in [7, 11) is 0. The maximum absolute atomic E-state index is 13.0. The Morgan fingerprint density at radius 2 is 1.73 bits per heavy atom. The number of fused-ring (bicyclic) bond motifs is 1. The molecule has 1 aliphatic carbocycles. The first-order valence-corrected chi connectivity index (χ1v) is 11.7. The average molecular weight is 456 g/mol. The van der Waals surface area contributed by atoms with Crippen LogP contribution < -0.4 is 5.32 Å². The van der Waals surface area contributed by atoms with Crippen molar-refractivity contribution in [3.8, 4) is 17.4 Å². The Morgan fingerprint density at radius 1 is 1.03 bits per heavy atom. The third kappa shape index (κ3) is 4.13. The molecule has 1 aliphatic rings. The van der Waals surface area contributed by atoms with Gasteiger partial charge in [-0.05, 0) is 65.9 Å². The van der Waals surface area contributed by atoms with E-state index >= 15 is 0 Å². The first-order valence-electron chi connectivity index (χ1n) is 10.7. The summed E-state index contributed by atoms with van der Waals surface area (Å²) in [6, 6.07) is 21.7. The summed E-state index contributed by atoms with van der Waals surface area (Å²) in [6.45, 7) is 0. The standard InChI is InChI=1S/C24H21N7OS/c25-15-20-19-13-7-8-14-21(19)30(17-9-3-1-4-10-17)23(20)26-22(32)16-33-24-27-28-29-31(24)18-11-5-2-6-12-18/h1-6,9-12H,7-8,13-14,16H2,(H,26,32). The van der Waals surface area contributed by atoms with Crippen LogP contribution in [0.5, 0.6) is 0 Å². The number of anilines is 1. The zero-order chi connectivity index (χ0) is 22.6. The number of nitrogens with zero attached hydrogens (tertiary/aromatic N) is 6. The van der Waals surface area contributed by atoms with Gasteiger partial charge in [-0.3, -0.25) is 9.36 Å². The van der Waals surface area contributed by atoms with E-state index in [1.807, 2.05) is 65.2 Å². The fraction of sp³-hybridized carbons (Fsp3) is 0.208. The van der Waals surface area contributed by atoms with Crippen molar-refractivity contribution < 1.29 is 4.79 Å². The van der Waals surface area contributed by atoms with Gasteiger partial charge in [0.05, 0.1) is 17.0 Å². The van der Waals surface area contributed by atoms with Gasteiger partial charge >= 0.3 is 0 Å². The fourth-order valence-electron chi connectivity index (χ4n) is 4.19. The van der Waals surface area contributed by atoms with E-state index in [0.29, 0.717) is 16.5 Å². The Morgan fingerprint density at radius 3 is 2.45 bits per heavy atom. The largest absolute Gasteiger partial charge is 0.310 e. The van der Waals surface area contributed by atoms with E-state index in [0.717, 1.165) is 48.3 Å². The SMILES string of the molecule is N#Cc1c2c(n(-c3ccccc3)c1NC(=O)CSc1nnnn1-c1ccccc1)CCCC2. The summed E-state index contributed by atoms with van der Waals surface area (Å²) < 4.78 is 3.63. The third-order valence-corrected chi connectivity index (χ3v) is 6.55. The first-order chi connectivity index (χ1) is 16.3. The molecule has 0 fully saturated rings. The monoisotopic (exact) mass is 455 g/mol. The summed E-state index contributed by atoms with van der Waals surface area (Å²) in [5.74, 6) is 0.442. The van der Waals surface area contributed by atoms with E-state index < -0.39 is 0 Å². The Balaban J connectivity index is 1.41. The summed E-state index contributed by atoms with van der Waals surface area (Å²) in [5, 5.41) is 25.3. The summed E-state index contributed by atoms with van der Waals surface area (Å²) >= 11 is 1.25. The maximum Gasteiger partial charge on any atom is 0.236 e. The normalized spacial score (nSPS) is 12.7. The predicted molar refractivity (Wildman–Crippen MR) is 126 cm³/mol. The Bertz CT molecular complexity index is 1320. The van der Waals surface area contributed by atoms with Gasteiger partial charge in [0.1, 0.15) is 11.9 Å². The quantitative estimate of drug-likeness (QED) is 0.442. The van der Waals surface area contributed by atoms with Gasteiger partial charge in [0.15, 0.2) is 0 Å². The third-order valence-electron chi connectivity index (χ3n) is 5.63. The molecule has 0 bridgehead atoms. The van der Waals surface area contributed by atoms with Gasteiger partial charge < -0.3 is 5.32 Å². The van der Waals surface area contributed by atoms with Crippen LogP contribution in [-0.4, -0.2) is 36.4 Å². The Labute approximate surface area is 195 Å². The van der Waals surface area contributed by atoms with Crippen LogP contribution in [0.1, 0.15) is 29.7 Å². The number of para-hydroxylation sites is 2. The molecule has 0 spiro atoms. The molecular weight excluding hydrogens is 434 g/mol. The molecule has 2 aromatic carbocycles. The molecule has 9 heteroatoms. The highest BCUT2D eigenvalue weighted by Crippen LogP contribution is 2.35. The average Bonchev–Trinajstić information content (AvgIpc) is 3.46. The number of benzene rings is 2. The molecular formula is C24H21N7OS. The molecule has 1 amide bonds. The summed E-state index contributed by atoms with van der Waals surface area (Å²) in [4.78, 5) is 13.0. The molecule has 8 nitrogen and oxygen atoms in total. The zero-order valence-corrected chi connectivity index (χ0v) is 18.6. The van der Waals surface area contributed by atoms with Gasteiger partial charge in [0.25, 0.3) is 0 Å². The van der Waals surface area contributed by atoms with Crippen molar-refractivity contribution >= 4 is 23.5 Å². The lowest BCUT2D eigenvalue weighted by Crippen LogP contribution is -2.18. The van der Waals surface area contributed by atoms with Crippen molar-refractivity contribution in [3.63, 3.8) is 0 Å². The van der Waals surface area contributed by atoms with E-state index in [1.54, 1.807) is 4.68 Å². The smallest absolute Gasteiger partial charge is 0.236 e. The molecule has 2 aromatic heterocycles. The summed E-state index contributed by atoms with van der Waals surface area (Å²) in [6.07, 6.45) is 3.85. The van der Waals surface area contributed by atoms with E-state index in [1.165, 1.54) is 11.8 Å². The molecule has 0 saturated carbocycles. The molecule has 0 saturated heterocycles. The molecule has 0 radical (unpaired) electrons. The van der Waals surface area contributed by atoms with Crippen LogP contribution in [0.2, 0.25) is 0 Å². The molecule has 164 valence electrons. The molecule has 1 N–H and O–H groups in total. The van der Waals surface area contributed by atoms with Crippen LogP contribution >= 0.6 is 11.8 Å². The Hall–Kier alpha value is -3.90. The number of hydrogen-bond donors (Lipinski definition) is 1. The van der Waals surface area contributed by atoms with Gasteiger partial charge in [0.2, 0.25) is 11.1 Å². The molecule has 33 heavy (non-hydrogen) atoms. The molecule has 0 unspecified atom stereocenters. The number of thioether (sulfide) groups is 1. The highest BCUT2D eigenvalue weighted by atomic mass is 32.2. The minimum Gasteiger partial charge on any atom is -0.310 e. The van der Waals surface area contributed by atoms with Crippen molar-refractivity contribution in [2.75, 3.05) is 11.1 Å². The van der Waals surface area contributed by atoms with E-state index in [-0.39, 0.29) is 11.7 Å². The van der Waals surface area contributed by atoms with Gasteiger partial charge in [-0.25, -0.2) is 0 Å². The van der Waals surface area contributed by atoms with Crippen molar-refractivity contribution in [2.24, 2.45) is 0 Å². The van der Waals surface area contributed by atoms with Crippen molar-refractivity contribution in [2.45, 2.75) is 30.8 Å². The second-order valence-electron chi connectivity index (χ2n) is 7.68. The number of hydrogen-bond acceptors (Lipinski definition) is 6. The van der Waals surface area contributed by atoms with Crippen LogP contribution in [-0.2, 0) is 17.6 Å². The predicted octanol–water partition coefficient (Wildman–Crippen LogP) is 3.93. The number of carbonyl (C=O) groups excluding carboxylic acids is 1. The second kappa shape index (κ2) is 9.30. The van der Waals surface area contributed by atoms with Crippen molar-refractivity contribution in [1.29, 1.82) is 5.26 Å². The number of nitrogens with one attached hydrogen (secondary N) is 1. The van der Waals surface area contributed by atoms with E-state index in [4.69, 9.17) is 0 Å². The fourth-order valence-corrected chi connectivity index (χ4v) is 4.89. The number of carbonyl (C=O) groups is 1. The lowest BCUT2D eigenvalue weighted by molar-refractivity contribution is -0.113. The molecule has 5 rings (SSSR count). The lowest BCUT2D eigenvalue weighted by atomic mass is 9.95.